The minimum Gasteiger partial charge on any atom is -0.358 e. The second-order valence-electron chi connectivity index (χ2n) is 6.78. The van der Waals surface area contributed by atoms with Gasteiger partial charge in [-0.2, -0.15) is 0 Å². The normalized spacial score (nSPS) is 18.5. The first-order valence-corrected chi connectivity index (χ1v) is 10.5. The van der Waals surface area contributed by atoms with Crippen molar-refractivity contribution in [3.05, 3.63) is 72.9 Å². The van der Waals surface area contributed by atoms with Crippen molar-refractivity contribution in [3.8, 4) is 0 Å². The van der Waals surface area contributed by atoms with Gasteiger partial charge in [-0.15, -0.1) is 0 Å². The maximum absolute atomic E-state index is 12.3. The van der Waals surface area contributed by atoms with Crippen LogP contribution in [-0.2, 0) is 4.79 Å². The second kappa shape index (κ2) is 12.0. The molecule has 1 aromatic rings. The van der Waals surface area contributed by atoms with Gasteiger partial charge in [0.15, 0.2) is 10.2 Å². The molecule has 0 radical (unpaired) electrons. The van der Waals surface area contributed by atoms with E-state index < -0.39 is 0 Å². The zero-order valence-corrected chi connectivity index (χ0v) is 18.3. The van der Waals surface area contributed by atoms with E-state index in [1.165, 1.54) is 12.2 Å². The summed E-state index contributed by atoms with van der Waals surface area (Å²) in [6.07, 6.45) is 8.31. The van der Waals surface area contributed by atoms with E-state index >= 15 is 0 Å². The monoisotopic (exact) mass is 442 g/mol. The molecule has 1 aliphatic rings. The quantitative estimate of drug-likeness (QED) is 0.308. The Balaban J connectivity index is 1.91. The van der Waals surface area contributed by atoms with E-state index in [1.807, 2.05) is 6.07 Å². The van der Waals surface area contributed by atoms with Crippen molar-refractivity contribution in [2.75, 3.05) is 0 Å². The smallest absolute Gasteiger partial charge is 0.257 e. The lowest BCUT2D eigenvalue weighted by molar-refractivity contribution is -0.115. The molecule has 4 N–H and O–H groups in total. The topological polar surface area (TPSA) is 82.3 Å². The van der Waals surface area contributed by atoms with Crippen LogP contribution in [0.15, 0.2) is 67.3 Å². The van der Waals surface area contributed by atoms with Crippen molar-refractivity contribution in [2.45, 2.75) is 37.8 Å². The van der Waals surface area contributed by atoms with E-state index in [4.69, 9.17) is 24.4 Å². The molecule has 2 rings (SSSR count). The van der Waals surface area contributed by atoms with Crippen LogP contribution in [0.3, 0.4) is 0 Å². The summed E-state index contributed by atoms with van der Waals surface area (Å²) in [6, 6.07) is 8.82. The SMILES string of the molecule is C=C/C=C(\C=C)C(=O)NC(=S)NC1CCCCC1NC(=S)NC(=O)c1ccccc1. The van der Waals surface area contributed by atoms with Crippen LogP contribution in [-0.4, -0.2) is 34.1 Å². The summed E-state index contributed by atoms with van der Waals surface area (Å²) in [5, 5.41) is 12.3. The summed E-state index contributed by atoms with van der Waals surface area (Å²) in [7, 11) is 0. The highest BCUT2D eigenvalue weighted by atomic mass is 32.1. The third-order valence-corrected chi connectivity index (χ3v) is 5.11. The molecule has 0 heterocycles. The van der Waals surface area contributed by atoms with Crippen molar-refractivity contribution in [1.82, 2.24) is 21.3 Å². The van der Waals surface area contributed by atoms with Gasteiger partial charge in [-0.05, 0) is 49.4 Å². The molecule has 1 fully saturated rings. The summed E-state index contributed by atoms with van der Waals surface area (Å²) in [5.41, 5.74) is 0.909. The Hall–Kier alpha value is -2.84. The van der Waals surface area contributed by atoms with E-state index in [-0.39, 0.29) is 34.1 Å². The molecule has 1 saturated carbocycles. The van der Waals surface area contributed by atoms with Gasteiger partial charge in [0.05, 0.1) is 0 Å². The van der Waals surface area contributed by atoms with Crippen LogP contribution in [0.25, 0.3) is 0 Å². The number of amides is 2. The van der Waals surface area contributed by atoms with Crippen molar-refractivity contribution >= 4 is 46.5 Å². The Morgan fingerprint density at radius 2 is 1.50 bits per heavy atom. The van der Waals surface area contributed by atoms with Gasteiger partial charge < -0.3 is 10.6 Å². The fraction of sp³-hybridized carbons (Fsp3) is 0.273. The number of carbonyl (C=O) groups is 2. The van der Waals surface area contributed by atoms with Crippen molar-refractivity contribution < 1.29 is 9.59 Å². The van der Waals surface area contributed by atoms with Crippen LogP contribution in [0.1, 0.15) is 36.0 Å². The number of hydrogen-bond acceptors (Lipinski definition) is 4. The first kappa shape index (κ1) is 23.4. The zero-order chi connectivity index (χ0) is 21.9. The first-order chi connectivity index (χ1) is 14.4. The molecular formula is C22H26N4O2S2. The molecule has 158 valence electrons. The fourth-order valence-electron chi connectivity index (χ4n) is 3.19. The van der Waals surface area contributed by atoms with Crippen LogP contribution in [0.4, 0.5) is 0 Å². The van der Waals surface area contributed by atoms with Crippen LogP contribution in [0.5, 0.6) is 0 Å². The molecule has 2 atom stereocenters. The maximum Gasteiger partial charge on any atom is 0.257 e. The maximum atomic E-state index is 12.3. The Bertz CT molecular complexity index is 852. The lowest BCUT2D eigenvalue weighted by Crippen LogP contribution is -2.57. The van der Waals surface area contributed by atoms with E-state index in [9.17, 15) is 9.59 Å². The summed E-state index contributed by atoms with van der Waals surface area (Å²) in [4.78, 5) is 24.5. The molecular weight excluding hydrogens is 416 g/mol. The Kier molecular flexibility index (Phi) is 9.37. The molecule has 0 aliphatic heterocycles. The predicted octanol–water partition coefficient (Wildman–Crippen LogP) is 2.89. The fourth-order valence-corrected chi connectivity index (χ4v) is 3.68. The van der Waals surface area contributed by atoms with Gasteiger partial charge in [-0.3, -0.25) is 20.2 Å². The molecule has 8 heteroatoms. The van der Waals surface area contributed by atoms with Gasteiger partial charge in [0.1, 0.15) is 0 Å². The third kappa shape index (κ3) is 7.20. The highest BCUT2D eigenvalue weighted by Gasteiger charge is 2.27. The standard InChI is InChI=1S/C22H26N4O2S2/c1-3-10-15(4-2)19(27)25-21(29)23-17-13-8-9-14-18(17)24-22(30)26-20(28)16-11-6-5-7-12-16/h3-7,10-12,17-18H,1-2,8-9,13-14H2,(H2,23,25,27,29)(H2,24,26,28,30)/b15-10+. The molecule has 30 heavy (non-hydrogen) atoms. The van der Waals surface area contributed by atoms with Gasteiger partial charge in [0, 0.05) is 23.2 Å². The third-order valence-electron chi connectivity index (χ3n) is 4.67. The molecule has 1 aliphatic carbocycles. The van der Waals surface area contributed by atoms with Crippen LogP contribution in [0.2, 0.25) is 0 Å². The van der Waals surface area contributed by atoms with Crippen LogP contribution in [0, 0.1) is 0 Å². The Morgan fingerprint density at radius 3 is 2.03 bits per heavy atom. The number of nitrogens with one attached hydrogen (secondary N) is 4. The molecule has 2 unspecified atom stereocenters. The highest BCUT2D eigenvalue weighted by molar-refractivity contribution is 7.80. The second-order valence-corrected chi connectivity index (χ2v) is 7.60. The lowest BCUT2D eigenvalue weighted by atomic mass is 9.90. The molecule has 6 nitrogen and oxygen atoms in total. The van der Waals surface area contributed by atoms with Gasteiger partial charge in [-0.1, -0.05) is 62.4 Å². The van der Waals surface area contributed by atoms with E-state index in [2.05, 4.69) is 34.4 Å². The molecule has 0 saturated heterocycles. The van der Waals surface area contributed by atoms with Gasteiger partial charge in [0.2, 0.25) is 0 Å². The van der Waals surface area contributed by atoms with Gasteiger partial charge in [0.25, 0.3) is 11.8 Å². The minimum absolute atomic E-state index is 0.0280. The summed E-state index contributed by atoms with van der Waals surface area (Å²) in [6.45, 7) is 7.19. The largest absolute Gasteiger partial charge is 0.358 e. The van der Waals surface area contributed by atoms with E-state index in [0.717, 1.165) is 25.7 Å². The zero-order valence-electron chi connectivity index (χ0n) is 16.6. The van der Waals surface area contributed by atoms with Crippen LogP contribution < -0.4 is 21.3 Å². The van der Waals surface area contributed by atoms with Crippen molar-refractivity contribution in [1.29, 1.82) is 0 Å². The Morgan fingerprint density at radius 1 is 0.933 bits per heavy atom. The summed E-state index contributed by atoms with van der Waals surface area (Å²) < 4.78 is 0. The number of carbonyl (C=O) groups excluding carboxylic acids is 2. The minimum atomic E-state index is -0.353. The van der Waals surface area contributed by atoms with E-state index in [0.29, 0.717) is 11.1 Å². The highest BCUT2D eigenvalue weighted by Crippen LogP contribution is 2.18. The number of hydrogen-bond donors (Lipinski definition) is 4. The van der Waals surface area contributed by atoms with Gasteiger partial charge >= 0.3 is 0 Å². The molecule has 0 spiro atoms. The average Bonchev–Trinajstić information content (AvgIpc) is 2.73. The molecule has 0 aromatic heterocycles. The summed E-state index contributed by atoms with van der Waals surface area (Å²) >= 11 is 10.6. The van der Waals surface area contributed by atoms with Crippen LogP contribution >= 0.6 is 24.4 Å². The van der Waals surface area contributed by atoms with Crippen molar-refractivity contribution in [2.24, 2.45) is 0 Å². The number of rotatable bonds is 6. The summed E-state index contributed by atoms with van der Waals surface area (Å²) in [5.74, 6) is -0.615. The first-order valence-electron chi connectivity index (χ1n) is 9.68. The lowest BCUT2D eigenvalue weighted by Gasteiger charge is -2.34. The van der Waals surface area contributed by atoms with Crippen molar-refractivity contribution in [3.63, 3.8) is 0 Å². The number of thiocarbonyl (C=S) groups is 2. The molecule has 2 amide bonds. The molecule has 0 bridgehead atoms. The number of allylic oxidation sites excluding steroid dienone is 2. The number of benzene rings is 1. The predicted molar refractivity (Wildman–Crippen MR) is 128 cm³/mol. The van der Waals surface area contributed by atoms with E-state index in [1.54, 1.807) is 30.3 Å². The Labute approximate surface area is 187 Å². The average molecular weight is 443 g/mol. The van der Waals surface area contributed by atoms with Gasteiger partial charge in [-0.25, -0.2) is 0 Å². The molecule has 1 aromatic carbocycles.